The summed E-state index contributed by atoms with van der Waals surface area (Å²) < 4.78 is 1.69. The molecular weight excluding hydrogens is 424 g/mol. The molecule has 7 heteroatoms. The maximum Gasteiger partial charge on any atom is 0.224 e. The van der Waals surface area contributed by atoms with Crippen molar-refractivity contribution in [3.8, 4) is 22.8 Å². The molecule has 3 heterocycles. The molecule has 0 bridgehead atoms. The largest absolute Gasteiger partial charge is 0.326 e. The predicted molar refractivity (Wildman–Crippen MR) is 132 cm³/mol. The van der Waals surface area contributed by atoms with E-state index in [9.17, 15) is 4.79 Å². The number of pyridine rings is 1. The number of rotatable bonds is 7. The highest BCUT2D eigenvalue weighted by Crippen LogP contribution is 2.22. The molecule has 0 fully saturated rings. The van der Waals surface area contributed by atoms with Crippen LogP contribution in [0, 0.1) is 0 Å². The highest BCUT2D eigenvalue weighted by Gasteiger charge is 2.12. The topological polar surface area (TPSA) is 85.1 Å². The molecule has 0 saturated heterocycles. The monoisotopic (exact) mass is 448 g/mol. The van der Waals surface area contributed by atoms with Crippen molar-refractivity contribution >= 4 is 17.2 Å². The quantitative estimate of drug-likeness (QED) is 0.379. The Hall–Kier alpha value is -4.39. The van der Waals surface area contributed by atoms with Gasteiger partial charge in [-0.05, 0) is 60.4 Å². The highest BCUT2D eigenvalue weighted by molar-refractivity contribution is 5.91. The number of nitrogens with one attached hydrogen (secondary N) is 1. The molecule has 0 radical (unpaired) electrons. The lowest BCUT2D eigenvalue weighted by Gasteiger charge is -2.08. The number of nitrogens with zero attached hydrogens (tertiary/aromatic N) is 5. The number of anilines is 1. The Morgan fingerprint density at radius 3 is 2.38 bits per heavy atom. The summed E-state index contributed by atoms with van der Waals surface area (Å²) in [5, 5.41) is 16.1. The summed E-state index contributed by atoms with van der Waals surface area (Å²) in [4.78, 5) is 16.8. The molecule has 0 unspecified atom stereocenters. The van der Waals surface area contributed by atoms with Crippen LogP contribution in [-0.4, -0.2) is 30.7 Å². The Kier molecular flexibility index (Phi) is 6.07. The molecule has 7 nitrogen and oxygen atoms in total. The third-order valence-electron chi connectivity index (χ3n) is 5.69. The summed E-state index contributed by atoms with van der Waals surface area (Å²) in [6, 6.07) is 25.5. The van der Waals surface area contributed by atoms with E-state index in [-0.39, 0.29) is 5.91 Å². The van der Waals surface area contributed by atoms with Gasteiger partial charge in [0, 0.05) is 23.9 Å². The molecule has 0 aliphatic rings. The Morgan fingerprint density at radius 2 is 1.65 bits per heavy atom. The average Bonchev–Trinajstić information content (AvgIpc) is 3.32. The maximum atomic E-state index is 12.4. The highest BCUT2D eigenvalue weighted by atomic mass is 16.1. The van der Waals surface area contributed by atoms with Crippen molar-refractivity contribution in [1.29, 1.82) is 0 Å². The van der Waals surface area contributed by atoms with Gasteiger partial charge in [-0.1, -0.05) is 49.4 Å². The number of fused-ring (bicyclic) bond motifs is 1. The van der Waals surface area contributed by atoms with Crippen molar-refractivity contribution in [2.45, 2.75) is 26.2 Å². The van der Waals surface area contributed by atoms with Gasteiger partial charge in [-0.25, -0.2) is 0 Å². The van der Waals surface area contributed by atoms with Crippen molar-refractivity contribution in [3.05, 3.63) is 96.2 Å². The third-order valence-corrected chi connectivity index (χ3v) is 5.69. The van der Waals surface area contributed by atoms with Gasteiger partial charge in [0.15, 0.2) is 5.65 Å². The second kappa shape index (κ2) is 9.62. The van der Waals surface area contributed by atoms with E-state index in [0.717, 1.165) is 29.8 Å². The Balaban J connectivity index is 1.26. The zero-order valence-electron chi connectivity index (χ0n) is 18.8. The zero-order valence-corrected chi connectivity index (χ0v) is 18.8. The maximum absolute atomic E-state index is 12.4. The first-order valence-electron chi connectivity index (χ1n) is 11.3. The summed E-state index contributed by atoms with van der Waals surface area (Å²) in [7, 11) is 0. The van der Waals surface area contributed by atoms with Crippen LogP contribution in [0.1, 0.15) is 24.5 Å². The minimum Gasteiger partial charge on any atom is -0.326 e. The molecule has 0 atom stereocenters. The number of amides is 1. The molecule has 2 aromatic carbocycles. The van der Waals surface area contributed by atoms with E-state index >= 15 is 0 Å². The molecule has 0 aliphatic heterocycles. The minimum absolute atomic E-state index is 0.00337. The zero-order chi connectivity index (χ0) is 23.3. The SMILES string of the molecule is CCc1ccc(CCC(=O)Nc2ccc(-c3ccc4nnc(-c5ccccn5)n4n3)cc2)cc1. The molecule has 5 rings (SSSR count). The smallest absolute Gasteiger partial charge is 0.224 e. The number of hydrogen-bond donors (Lipinski definition) is 1. The van der Waals surface area contributed by atoms with Crippen molar-refractivity contribution in [2.24, 2.45) is 0 Å². The number of aromatic nitrogens is 5. The second-order valence-corrected chi connectivity index (χ2v) is 8.02. The molecule has 5 aromatic rings. The van der Waals surface area contributed by atoms with Crippen LogP contribution in [0.4, 0.5) is 5.69 Å². The standard InChI is InChI=1S/C27H24N6O/c1-2-19-6-8-20(9-7-19)10-17-26(34)29-22-13-11-21(12-14-22)23-15-16-25-30-31-27(33(25)32-23)24-5-3-4-18-28-24/h3-9,11-16,18H,2,10,17H2,1H3,(H,29,34). The van der Waals surface area contributed by atoms with Crippen LogP contribution >= 0.6 is 0 Å². The van der Waals surface area contributed by atoms with Gasteiger partial charge >= 0.3 is 0 Å². The van der Waals surface area contributed by atoms with Crippen molar-refractivity contribution < 1.29 is 4.79 Å². The molecule has 1 N–H and O–H groups in total. The molecule has 3 aromatic heterocycles. The van der Waals surface area contributed by atoms with Crippen LogP contribution in [0.3, 0.4) is 0 Å². The van der Waals surface area contributed by atoms with E-state index in [0.29, 0.717) is 23.6 Å². The fraction of sp³-hybridized carbons (Fsp3) is 0.148. The van der Waals surface area contributed by atoms with E-state index in [4.69, 9.17) is 5.10 Å². The first-order chi connectivity index (χ1) is 16.7. The van der Waals surface area contributed by atoms with Gasteiger partial charge in [0.1, 0.15) is 5.69 Å². The lowest BCUT2D eigenvalue weighted by Crippen LogP contribution is -2.12. The Morgan fingerprint density at radius 1 is 0.853 bits per heavy atom. The van der Waals surface area contributed by atoms with Gasteiger partial charge in [0.25, 0.3) is 0 Å². The number of carbonyl (C=O) groups is 1. The van der Waals surface area contributed by atoms with Crippen LogP contribution in [0.25, 0.3) is 28.4 Å². The minimum atomic E-state index is -0.00337. The molecule has 1 amide bonds. The summed E-state index contributed by atoms with van der Waals surface area (Å²) in [5.74, 6) is 0.585. The fourth-order valence-electron chi connectivity index (χ4n) is 3.74. The molecule has 34 heavy (non-hydrogen) atoms. The number of hydrogen-bond acceptors (Lipinski definition) is 5. The molecule has 168 valence electrons. The third kappa shape index (κ3) is 4.68. The molecular formula is C27H24N6O. The number of aryl methyl sites for hydroxylation is 2. The van der Waals surface area contributed by atoms with Crippen LogP contribution in [0.15, 0.2) is 85.1 Å². The van der Waals surface area contributed by atoms with Crippen molar-refractivity contribution in [1.82, 2.24) is 24.8 Å². The van der Waals surface area contributed by atoms with Crippen LogP contribution < -0.4 is 5.32 Å². The van der Waals surface area contributed by atoms with E-state index in [1.54, 1.807) is 10.7 Å². The van der Waals surface area contributed by atoms with E-state index < -0.39 is 0 Å². The van der Waals surface area contributed by atoms with E-state index in [2.05, 4.69) is 51.7 Å². The van der Waals surface area contributed by atoms with Gasteiger partial charge in [0.05, 0.1) is 5.69 Å². The molecule has 0 saturated carbocycles. The summed E-state index contributed by atoms with van der Waals surface area (Å²) >= 11 is 0. The van der Waals surface area contributed by atoms with Crippen LogP contribution in [0.5, 0.6) is 0 Å². The average molecular weight is 449 g/mol. The normalized spacial score (nSPS) is 11.0. The summed E-state index contributed by atoms with van der Waals surface area (Å²) in [5.41, 5.74) is 6.29. The van der Waals surface area contributed by atoms with Gasteiger partial charge in [-0.3, -0.25) is 9.78 Å². The first kappa shape index (κ1) is 21.5. The predicted octanol–water partition coefficient (Wildman–Crippen LogP) is 4.99. The van der Waals surface area contributed by atoms with E-state index in [1.165, 1.54) is 11.1 Å². The van der Waals surface area contributed by atoms with Crippen molar-refractivity contribution in [3.63, 3.8) is 0 Å². The summed E-state index contributed by atoms with van der Waals surface area (Å²) in [6.45, 7) is 2.14. The van der Waals surface area contributed by atoms with Crippen molar-refractivity contribution in [2.75, 3.05) is 5.32 Å². The fourth-order valence-corrected chi connectivity index (χ4v) is 3.74. The van der Waals surface area contributed by atoms with Crippen LogP contribution in [0.2, 0.25) is 0 Å². The van der Waals surface area contributed by atoms with Gasteiger partial charge in [0.2, 0.25) is 11.7 Å². The molecule has 0 aliphatic carbocycles. The first-order valence-corrected chi connectivity index (χ1v) is 11.3. The second-order valence-electron chi connectivity index (χ2n) is 8.02. The Bertz CT molecular complexity index is 1410. The Labute approximate surface area is 197 Å². The number of carbonyl (C=O) groups excluding carboxylic acids is 1. The van der Waals surface area contributed by atoms with Gasteiger partial charge < -0.3 is 5.32 Å². The van der Waals surface area contributed by atoms with Gasteiger partial charge in [-0.2, -0.15) is 9.61 Å². The lowest BCUT2D eigenvalue weighted by atomic mass is 10.1. The van der Waals surface area contributed by atoms with E-state index in [1.807, 2.05) is 54.6 Å². The number of benzene rings is 2. The molecule has 0 spiro atoms. The summed E-state index contributed by atoms with van der Waals surface area (Å²) in [6.07, 6.45) is 3.89. The van der Waals surface area contributed by atoms with Crippen LogP contribution in [-0.2, 0) is 17.6 Å². The van der Waals surface area contributed by atoms with Gasteiger partial charge in [-0.15, -0.1) is 10.2 Å². The lowest BCUT2D eigenvalue weighted by molar-refractivity contribution is -0.116.